The maximum absolute atomic E-state index is 11.4. The largest absolute Gasteiger partial charge is 0.478 e. The molecule has 102 valence electrons. The quantitative estimate of drug-likeness (QED) is 0.858. The topological polar surface area (TPSA) is 72.8 Å². The zero-order chi connectivity index (χ0) is 13.9. The van der Waals surface area contributed by atoms with E-state index in [9.17, 15) is 14.7 Å². The third kappa shape index (κ3) is 2.88. The van der Waals surface area contributed by atoms with Crippen molar-refractivity contribution in [2.45, 2.75) is 18.4 Å². The van der Waals surface area contributed by atoms with Crippen molar-refractivity contribution in [3.63, 3.8) is 0 Å². The van der Waals surface area contributed by atoms with Crippen molar-refractivity contribution in [2.75, 3.05) is 13.2 Å². The number of carboxylic acids is 1. The van der Waals surface area contributed by atoms with Gasteiger partial charge in [0.05, 0.1) is 18.2 Å². The Morgan fingerprint density at radius 3 is 2.63 bits per heavy atom. The summed E-state index contributed by atoms with van der Waals surface area (Å²) in [7, 11) is 0. The zero-order valence-electron chi connectivity index (χ0n) is 10.1. The Morgan fingerprint density at radius 2 is 2.11 bits per heavy atom. The average Bonchev–Trinajstić information content (AvgIpc) is 2.42. The van der Waals surface area contributed by atoms with Gasteiger partial charge in [0.15, 0.2) is 0 Å². The highest BCUT2D eigenvalue weighted by Crippen LogP contribution is 2.33. The molecule has 0 bridgehead atoms. The number of carbonyl (C=O) groups is 2. The van der Waals surface area contributed by atoms with Crippen LogP contribution >= 0.6 is 11.6 Å². The molecule has 0 spiro atoms. The monoisotopic (exact) mass is 284 g/mol. The van der Waals surface area contributed by atoms with Crippen molar-refractivity contribution in [2.24, 2.45) is 0 Å². The molecular formula is C13H13ClO5. The fraction of sp³-hybridized carbons (Fsp3) is 0.385. The number of rotatable bonds is 4. The van der Waals surface area contributed by atoms with E-state index in [0.717, 1.165) is 0 Å². The van der Waals surface area contributed by atoms with Crippen LogP contribution in [0.25, 0.3) is 0 Å². The van der Waals surface area contributed by atoms with Crippen LogP contribution in [0.15, 0.2) is 18.2 Å². The fourth-order valence-electron chi connectivity index (χ4n) is 1.94. The van der Waals surface area contributed by atoms with Crippen molar-refractivity contribution >= 4 is 23.9 Å². The molecule has 0 aromatic heterocycles. The van der Waals surface area contributed by atoms with E-state index in [1.807, 2.05) is 0 Å². The highest BCUT2D eigenvalue weighted by atomic mass is 35.5. The number of carbonyl (C=O) groups excluding carboxylic acids is 1. The van der Waals surface area contributed by atoms with Gasteiger partial charge in [0.2, 0.25) is 5.60 Å². The molecule has 1 N–H and O–H groups in total. The van der Waals surface area contributed by atoms with Crippen molar-refractivity contribution in [1.82, 2.24) is 0 Å². The first-order chi connectivity index (χ1) is 9.07. The van der Waals surface area contributed by atoms with Crippen LogP contribution in [0, 0.1) is 0 Å². The number of hydrogen-bond acceptors (Lipinski definition) is 4. The summed E-state index contributed by atoms with van der Waals surface area (Å²) in [5.41, 5.74) is -0.904. The molecule has 5 nitrogen and oxygen atoms in total. The lowest BCUT2D eigenvalue weighted by Gasteiger charge is -2.33. The molecule has 0 unspecified atom stereocenters. The molecule has 0 radical (unpaired) electrons. The van der Waals surface area contributed by atoms with E-state index < -0.39 is 11.6 Å². The summed E-state index contributed by atoms with van der Waals surface area (Å²) in [4.78, 5) is 22.1. The summed E-state index contributed by atoms with van der Waals surface area (Å²) in [6, 6.07) is 4.48. The lowest BCUT2D eigenvalue weighted by molar-refractivity contribution is -0.163. The Bertz CT molecular complexity index is 494. The Balaban J connectivity index is 2.26. The number of ether oxygens (including phenoxy) is 2. The molecule has 0 atom stereocenters. The second kappa shape index (κ2) is 5.59. The fourth-order valence-corrected chi connectivity index (χ4v) is 2.17. The molecule has 1 fully saturated rings. The van der Waals surface area contributed by atoms with Crippen molar-refractivity contribution in [1.29, 1.82) is 0 Å². The first-order valence-electron chi connectivity index (χ1n) is 5.82. The molecule has 0 aliphatic carbocycles. The number of benzene rings is 1. The Kier molecular flexibility index (Phi) is 4.07. The average molecular weight is 285 g/mol. The standard InChI is InChI=1S/C13H13ClO5/c14-10-7-9(8-15)1-2-11(10)19-13(12(16)17)3-5-18-6-4-13/h1-2,7-8H,3-6H2,(H,16,17). The summed E-state index contributed by atoms with van der Waals surface area (Å²) in [6.45, 7) is 0.659. The number of carboxylic acid groups (broad SMARTS) is 1. The van der Waals surface area contributed by atoms with Crippen LogP contribution in [0.4, 0.5) is 0 Å². The molecular weight excluding hydrogens is 272 g/mol. The van der Waals surface area contributed by atoms with E-state index >= 15 is 0 Å². The van der Waals surface area contributed by atoms with Crippen LogP contribution < -0.4 is 4.74 Å². The number of aliphatic carboxylic acids is 1. The second-order valence-electron chi connectivity index (χ2n) is 4.32. The third-order valence-corrected chi connectivity index (χ3v) is 3.38. The summed E-state index contributed by atoms with van der Waals surface area (Å²) >= 11 is 5.99. The van der Waals surface area contributed by atoms with Gasteiger partial charge in [-0.3, -0.25) is 4.79 Å². The van der Waals surface area contributed by atoms with Crippen LogP contribution in [0.5, 0.6) is 5.75 Å². The van der Waals surface area contributed by atoms with Gasteiger partial charge >= 0.3 is 5.97 Å². The lowest BCUT2D eigenvalue weighted by Crippen LogP contribution is -2.49. The third-order valence-electron chi connectivity index (χ3n) is 3.09. The molecule has 6 heteroatoms. The van der Waals surface area contributed by atoms with Gasteiger partial charge in [-0.2, -0.15) is 0 Å². The predicted molar refractivity (Wildman–Crippen MR) is 67.9 cm³/mol. The first-order valence-corrected chi connectivity index (χ1v) is 6.20. The highest BCUT2D eigenvalue weighted by molar-refractivity contribution is 6.32. The molecule has 1 aromatic rings. The Hall–Kier alpha value is -1.59. The van der Waals surface area contributed by atoms with Crippen LogP contribution in [0.1, 0.15) is 23.2 Å². The second-order valence-corrected chi connectivity index (χ2v) is 4.73. The van der Waals surface area contributed by atoms with Crippen LogP contribution in [0.2, 0.25) is 5.02 Å². The number of aldehydes is 1. The Morgan fingerprint density at radius 1 is 1.42 bits per heavy atom. The van der Waals surface area contributed by atoms with E-state index in [1.165, 1.54) is 18.2 Å². The minimum atomic E-state index is -1.31. The van der Waals surface area contributed by atoms with Gasteiger partial charge in [-0.15, -0.1) is 0 Å². The summed E-state index contributed by atoms with van der Waals surface area (Å²) in [5.74, 6) is -0.775. The minimum absolute atomic E-state index is 0.219. The van der Waals surface area contributed by atoms with Gasteiger partial charge in [0.1, 0.15) is 12.0 Å². The maximum Gasteiger partial charge on any atom is 0.348 e. The maximum atomic E-state index is 11.4. The van der Waals surface area contributed by atoms with Crippen molar-refractivity contribution in [3.05, 3.63) is 28.8 Å². The van der Waals surface area contributed by atoms with Crippen molar-refractivity contribution in [3.8, 4) is 5.75 Å². The Labute approximate surface area is 115 Å². The SMILES string of the molecule is O=Cc1ccc(OC2(C(=O)O)CCOCC2)c(Cl)c1. The van der Waals surface area contributed by atoms with Crippen LogP contribution in [-0.2, 0) is 9.53 Å². The number of halogens is 1. The van der Waals surface area contributed by atoms with Gasteiger partial charge in [-0.05, 0) is 18.2 Å². The molecule has 19 heavy (non-hydrogen) atoms. The summed E-state index contributed by atoms with van der Waals surface area (Å²) in [5, 5.41) is 9.58. The van der Waals surface area contributed by atoms with E-state index in [0.29, 0.717) is 25.1 Å². The highest BCUT2D eigenvalue weighted by Gasteiger charge is 2.43. The molecule has 1 aromatic carbocycles. The van der Waals surface area contributed by atoms with Crippen LogP contribution in [0.3, 0.4) is 0 Å². The molecule has 0 saturated carbocycles. The van der Waals surface area contributed by atoms with E-state index in [4.69, 9.17) is 21.1 Å². The van der Waals surface area contributed by atoms with Gasteiger partial charge in [-0.1, -0.05) is 11.6 Å². The van der Waals surface area contributed by atoms with Crippen molar-refractivity contribution < 1.29 is 24.2 Å². The van der Waals surface area contributed by atoms with Crippen LogP contribution in [-0.4, -0.2) is 36.2 Å². The summed E-state index contributed by atoms with van der Waals surface area (Å²) < 4.78 is 10.8. The van der Waals surface area contributed by atoms with Gasteiger partial charge < -0.3 is 14.6 Å². The van der Waals surface area contributed by atoms with Gasteiger partial charge in [0, 0.05) is 18.4 Å². The smallest absolute Gasteiger partial charge is 0.348 e. The number of hydrogen-bond donors (Lipinski definition) is 1. The normalized spacial score (nSPS) is 17.7. The molecule has 1 heterocycles. The molecule has 1 saturated heterocycles. The minimum Gasteiger partial charge on any atom is -0.478 e. The van der Waals surface area contributed by atoms with E-state index in [2.05, 4.69) is 0 Å². The van der Waals surface area contributed by atoms with Gasteiger partial charge in [0.25, 0.3) is 0 Å². The molecule has 1 aliphatic heterocycles. The zero-order valence-corrected chi connectivity index (χ0v) is 10.9. The predicted octanol–water partition coefficient (Wildman–Crippen LogP) is 2.17. The lowest BCUT2D eigenvalue weighted by atomic mass is 9.94. The first kappa shape index (κ1) is 13.8. The van der Waals surface area contributed by atoms with E-state index in [1.54, 1.807) is 0 Å². The molecule has 1 aliphatic rings. The van der Waals surface area contributed by atoms with Gasteiger partial charge in [-0.25, -0.2) is 4.79 Å². The molecule has 2 rings (SSSR count). The van der Waals surface area contributed by atoms with E-state index in [-0.39, 0.29) is 23.6 Å². The molecule has 0 amide bonds. The summed E-state index contributed by atoms with van der Waals surface area (Å²) in [6.07, 6.45) is 1.18.